The van der Waals surface area contributed by atoms with Gasteiger partial charge in [0.1, 0.15) is 5.15 Å². The molecule has 1 aromatic heterocycles. The minimum Gasteiger partial charge on any atom is -0.338 e. The van der Waals surface area contributed by atoms with E-state index in [-0.39, 0.29) is 5.91 Å². The number of nitrogens with zero attached hydrogens (tertiary/aromatic N) is 3. The van der Waals surface area contributed by atoms with E-state index in [1.165, 1.54) is 25.7 Å². The molecule has 0 spiro atoms. The van der Waals surface area contributed by atoms with E-state index in [2.05, 4.69) is 5.10 Å². The molecule has 1 aliphatic carbocycles. The highest BCUT2D eigenvalue weighted by atomic mass is 35.5. The Hall–Kier alpha value is -1.81. The van der Waals surface area contributed by atoms with Crippen molar-refractivity contribution in [1.29, 1.82) is 0 Å². The van der Waals surface area contributed by atoms with Crippen LogP contribution in [0, 0.1) is 18.8 Å². The molecule has 26 heavy (non-hydrogen) atoms. The summed E-state index contributed by atoms with van der Waals surface area (Å²) in [6, 6.07) is 10.1. The van der Waals surface area contributed by atoms with E-state index in [0.717, 1.165) is 36.7 Å². The molecular formula is C21H26ClN3O. The van der Waals surface area contributed by atoms with E-state index in [9.17, 15) is 4.79 Å². The molecule has 5 heteroatoms. The van der Waals surface area contributed by atoms with Crippen molar-refractivity contribution in [1.82, 2.24) is 14.7 Å². The maximum absolute atomic E-state index is 13.2. The summed E-state index contributed by atoms with van der Waals surface area (Å²) >= 11 is 6.58. The molecule has 2 fully saturated rings. The molecule has 1 aromatic carbocycles. The average Bonchev–Trinajstić information content (AvgIpc) is 2.95. The van der Waals surface area contributed by atoms with Gasteiger partial charge < -0.3 is 4.90 Å². The second-order valence-electron chi connectivity index (χ2n) is 7.74. The Morgan fingerprint density at radius 1 is 1.15 bits per heavy atom. The van der Waals surface area contributed by atoms with Crippen LogP contribution in [-0.2, 0) is 6.54 Å². The van der Waals surface area contributed by atoms with Gasteiger partial charge >= 0.3 is 0 Å². The van der Waals surface area contributed by atoms with Crippen LogP contribution < -0.4 is 0 Å². The van der Waals surface area contributed by atoms with Gasteiger partial charge in [0, 0.05) is 13.1 Å². The first kappa shape index (κ1) is 17.6. The van der Waals surface area contributed by atoms with E-state index >= 15 is 0 Å². The smallest absolute Gasteiger partial charge is 0.258 e. The normalized spacial score (nSPS) is 22.9. The van der Waals surface area contributed by atoms with Crippen LogP contribution in [0.1, 0.15) is 53.7 Å². The summed E-state index contributed by atoms with van der Waals surface area (Å²) in [6.07, 6.45) is 6.38. The Morgan fingerprint density at radius 3 is 2.65 bits per heavy atom. The van der Waals surface area contributed by atoms with Gasteiger partial charge in [-0.2, -0.15) is 5.10 Å². The number of halogens is 1. The first-order valence-electron chi connectivity index (χ1n) is 9.69. The van der Waals surface area contributed by atoms with E-state index in [1.807, 2.05) is 42.2 Å². The zero-order chi connectivity index (χ0) is 18.1. The molecule has 1 saturated carbocycles. The monoisotopic (exact) mass is 371 g/mol. The van der Waals surface area contributed by atoms with Gasteiger partial charge in [0.05, 0.1) is 17.8 Å². The van der Waals surface area contributed by atoms with Crippen molar-refractivity contribution in [3.05, 3.63) is 52.3 Å². The number of rotatable bonds is 3. The molecule has 2 aliphatic rings. The number of likely N-dealkylation sites (tertiary alicyclic amines) is 1. The van der Waals surface area contributed by atoms with E-state index < -0.39 is 0 Å². The predicted molar refractivity (Wildman–Crippen MR) is 103 cm³/mol. The maximum Gasteiger partial charge on any atom is 0.258 e. The Kier molecular flexibility index (Phi) is 5.03. The lowest BCUT2D eigenvalue weighted by Crippen LogP contribution is -2.44. The van der Waals surface area contributed by atoms with Crippen molar-refractivity contribution in [3.63, 3.8) is 0 Å². The highest BCUT2D eigenvalue weighted by Crippen LogP contribution is 2.37. The van der Waals surface area contributed by atoms with Crippen molar-refractivity contribution >= 4 is 17.5 Å². The Bertz CT molecular complexity index is 786. The highest BCUT2D eigenvalue weighted by molar-refractivity contribution is 6.33. The Balaban J connectivity index is 1.53. The first-order valence-corrected chi connectivity index (χ1v) is 10.1. The van der Waals surface area contributed by atoms with Crippen LogP contribution in [0.25, 0.3) is 0 Å². The summed E-state index contributed by atoms with van der Waals surface area (Å²) in [4.78, 5) is 15.2. The number of hydrogen-bond donors (Lipinski definition) is 0. The Labute approximate surface area is 160 Å². The number of aryl methyl sites for hydroxylation is 1. The number of piperidine rings is 1. The fourth-order valence-electron chi connectivity index (χ4n) is 4.60. The molecular weight excluding hydrogens is 346 g/mol. The molecule has 1 saturated heterocycles. The molecule has 1 amide bonds. The molecule has 2 atom stereocenters. The van der Waals surface area contributed by atoms with Crippen LogP contribution in [0.15, 0.2) is 30.3 Å². The van der Waals surface area contributed by atoms with Crippen LogP contribution in [0.4, 0.5) is 0 Å². The van der Waals surface area contributed by atoms with Gasteiger partial charge in [0.15, 0.2) is 0 Å². The third kappa shape index (κ3) is 3.39. The second-order valence-corrected chi connectivity index (χ2v) is 8.10. The molecule has 0 radical (unpaired) electrons. The van der Waals surface area contributed by atoms with Crippen LogP contribution in [0.2, 0.25) is 5.15 Å². The number of carbonyl (C=O) groups is 1. The van der Waals surface area contributed by atoms with Crippen LogP contribution >= 0.6 is 11.6 Å². The standard InChI is InChI=1S/C21H26ClN3O/c1-15-19(20(22)25(23-15)13-16-7-3-2-4-8-16)21(26)24-12-11-17-9-5-6-10-18(17)14-24/h2-4,7-8,17-18H,5-6,9-14H2,1H3/t17-,18+/m1/s1. The van der Waals surface area contributed by atoms with E-state index in [0.29, 0.717) is 23.2 Å². The van der Waals surface area contributed by atoms with Gasteiger partial charge in [0.25, 0.3) is 5.91 Å². The third-order valence-corrected chi connectivity index (χ3v) is 6.42. The van der Waals surface area contributed by atoms with Gasteiger partial charge in [-0.05, 0) is 37.2 Å². The third-order valence-electron chi connectivity index (χ3n) is 6.03. The van der Waals surface area contributed by atoms with Gasteiger partial charge in [-0.25, -0.2) is 4.68 Å². The lowest BCUT2D eigenvalue weighted by atomic mass is 9.75. The molecule has 0 unspecified atom stereocenters. The molecule has 138 valence electrons. The van der Waals surface area contributed by atoms with Gasteiger partial charge in [-0.3, -0.25) is 4.79 Å². The SMILES string of the molecule is Cc1nn(Cc2ccccc2)c(Cl)c1C(=O)N1CC[C@H]2CCCC[C@H]2C1. The summed E-state index contributed by atoms with van der Waals surface area (Å²) in [5.41, 5.74) is 2.43. The van der Waals surface area contributed by atoms with Crippen molar-refractivity contribution < 1.29 is 4.79 Å². The number of hydrogen-bond acceptors (Lipinski definition) is 2. The maximum atomic E-state index is 13.2. The Morgan fingerprint density at radius 2 is 1.88 bits per heavy atom. The number of benzene rings is 1. The summed E-state index contributed by atoms with van der Waals surface area (Å²) in [7, 11) is 0. The zero-order valence-electron chi connectivity index (χ0n) is 15.3. The lowest BCUT2D eigenvalue weighted by Gasteiger charge is -2.41. The average molecular weight is 372 g/mol. The van der Waals surface area contributed by atoms with E-state index in [1.54, 1.807) is 4.68 Å². The molecule has 2 heterocycles. The van der Waals surface area contributed by atoms with Gasteiger partial charge in [-0.1, -0.05) is 61.2 Å². The lowest BCUT2D eigenvalue weighted by molar-refractivity contribution is 0.0520. The van der Waals surface area contributed by atoms with Crippen molar-refractivity contribution in [2.75, 3.05) is 13.1 Å². The summed E-state index contributed by atoms with van der Waals surface area (Å²) in [6.45, 7) is 4.19. The van der Waals surface area contributed by atoms with Crippen LogP contribution in [-0.4, -0.2) is 33.7 Å². The summed E-state index contributed by atoms with van der Waals surface area (Å²) in [5.74, 6) is 1.53. The number of fused-ring (bicyclic) bond motifs is 1. The molecule has 4 nitrogen and oxygen atoms in total. The number of carbonyl (C=O) groups excluding carboxylic acids is 1. The first-order chi connectivity index (χ1) is 12.6. The number of aromatic nitrogens is 2. The van der Waals surface area contributed by atoms with Crippen molar-refractivity contribution in [3.8, 4) is 0 Å². The van der Waals surface area contributed by atoms with Crippen LogP contribution in [0.3, 0.4) is 0 Å². The molecule has 2 aromatic rings. The molecule has 0 bridgehead atoms. The van der Waals surface area contributed by atoms with Gasteiger partial charge in [-0.15, -0.1) is 0 Å². The van der Waals surface area contributed by atoms with Crippen molar-refractivity contribution in [2.24, 2.45) is 11.8 Å². The van der Waals surface area contributed by atoms with Crippen molar-refractivity contribution in [2.45, 2.75) is 45.6 Å². The van der Waals surface area contributed by atoms with Crippen LogP contribution in [0.5, 0.6) is 0 Å². The second kappa shape index (κ2) is 7.43. The minimum absolute atomic E-state index is 0.0517. The quantitative estimate of drug-likeness (QED) is 0.794. The summed E-state index contributed by atoms with van der Waals surface area (Å²) < 4.78 is 1.74. The molecule has 0 N–H and O–H groups in total. The fourth-order valence-corrected chi connectivity index (χ4v) is 4.92. The molecule has 4 rings (SSSR count). The largest absolute Gasteiger partial charge is 0.338 e. The highest BCUT2D eigenvalue weighted by Gasteiger charge is 2.35. The topological polar surface area (TPSA) is 38.1 Å². The predicted octanol–water partition coefficient (Wildman–Crippen LogP) is 4.55. The number of amides is 1. The fraction of sp³-hybridized carbons (Fsp3) is 0.524. The molecule has 1 aliphatic heterocycles. The minimum atomic E-state index is 0.0517. The summed E-state index contributed by atoms with van der Waals surface area (Å²) in [5, 5.41) is 5.00. The van der Waals surface area contributed by atoms with E-state index in [4.69, 9.17) is 11.6 Å². The van der Waals surface area contributed by atoms with Gasteiger partial charge in [0.2, 0.25) is 0 Å². The zero-order valence-corrected chi connectivity index (χ0v) is 16.1.